The van der Waals surface area contributed by atoms with Gasteiger partial charge in [0.1, 0.15) is 0 Å². The van der Waals surface area contributed by atoms with E-state index >= 15 is 0 Å². The Labute approximate surface area is 111 Å². The molecule has 2 aromatic carbocycles. The summed E-state index contributed by atoms with van der Waals surface area (Å²) in [5.74, 6) is 0. The number of benzene rings is 2. The molecule has 0 fully saturated rings. The van der Waals surface area contributed by atoms with Crippen molar-refractivity contribution in [3.05, 3.63) is 59.7 Å². The van der Waals surface area contributed by atoms with Crippen LogP contribution in [0.25, 0.3) is 0 Å². The van der Waals surface area contributed by atoms with E-state index in [1.54, 1.807) is 0 Å². The minimum Gasteiger partial charge on any atom is -0.237 e. The number of rotatable bonds is 4. The Hall–Kier alpha value is -0.900. The van der Waals surface area contributed by atoms with Crippen LogP contribution in [-0.4, -0.2) is 0 Å². The van der Waals surface area contributed by atoms with Crippen LogP contribution in [0, 0.1) is 13.8 Å². The highest BCUT2D eigenvalue weighted by Crippen LogP contribution is 2.32. The molecule has 2 aromatic rings. The zero-order chi connectivity index (χ0) is 12.1. The Morgan fingerprint density at radius 1 is 0.706 bits per heavy atom. The molecule has 0 bridgehead atoms. The summed E-state index contributed by atoms with van der Waals surface area (Å²) in [4.78, 5) is 2.32. The van der Waals surface area contributed by atoms with Gasteiger partial charge in [0.2, 0.25) is 0 Å². The molecule has 0 unspecified atom stereocenters. The van der Waals surface area contributed by atoms with Crippen LogP contribution in [0.3, 0.4) is 0 Å². The zero-order valence-corrected chi connectivity index (χ0v) is 11.5. The van der Waals surface area contributed by atoms with Crippen molar-refractivity contribution in [1.29, 1.82) is 0 Å². The van der Waals surface area contributed by atoms with E-state index in [2.05, 4.69) is 38.1 Å². The quantitative estimate of drug-likeness (QED) is 0.715. The molecule has 0 aliphatic heterocycles. The Kier molecular flexibility index (Phi) is 4.54. The second-order valence-electron chi connectivity index (χ2n) is 3.77. The van der Waals surface area contributed by atoms with Crippen LogP contribution in [0.15, 0.2) is 58.3 Å². The van der Waals surface area contributed by atoms with E-state index in [4.69, 9.17) is 3.63 Å². The predicted molar refractivity (Wildman–Crippen MR) is 75.2 cm³/mol. The first-order chi connectivity index (χ1) is 8.27. The van der Waals surface area contributed by atoms with Crippen LogP contribution < -0.4 is 0 Å². The lowest BCUT2D eigenvalue weighted by molar-refractivity contribution is 0.755. The summed E-state index contributed by atoms with van der Waals surface area (Å²) in [5.41, 5.74) is 2.48. The lowest BCUT2D eigenvalue weighted by atomic mass is 10.2. The lowest BCUT2D eigenvalue weighted by Crippen LogP contribution is -1.80. The molecule has 88 valence electrons. The smallest absolute Gasteiger partial charge is 0.0450 e. The SMILES string of the molecule is Cc1ccccc1SOSc1ccccc1C. The summed E-state index contributed by atoms with van der Waals surface area (Å²) >= 11 is 2.83. The van der Waals surface area contributed by atoms with Gasteiger partial charge < -0.3 is 0 Å². The van der Waals surface area contributed by atoms with Crippen molar-refractivity contribution in [2.24, 2.45) is 0 Å². The van der Waals surface area contributed by atoms with Gasteiger partial charge in [-0.2, -0.15) is 0 Å². The standard InChI is InChI=1S/C14H14OS2/c1-11-7-3-5-9-13(11)16-15-17-14-10-6-4-8-12(14)2/h3-10H,1-2H3. The Bertz CT molecular complexity index is 452. The molecular formula is C14H14OS2. The monoisotopic (exact) mass is 262 g/mol. The van der Waals surface area contributed by atoms with Crippen molar-refractivity contribution in [2.45, 2.75) is 23.6 Å². The average Bonchev–Trinajstić information content (AvgIpc) is 2.34. The first-order valence-electron chi connectivity index (χ1n) is 5.40. The van der Waals surface area contributed by atoms with E-state index in [9.17, 15) is 0 Å². The summed E-state index contributed by atoms with van der Waals surface area (Å²) in [7, 11) is 0. The minimum atomic E-state index is 1.16. The molecule has 0 saturated heterocycles. The van der Waals surface area contributed by atoms with Crippen molar-refractivity contribution in [3.63, 3.8) is 0 Å². The fourth-order valence-corrected chi connectivity index (χ4v) is 2.78. The van der Waals surface area contributed by atoms with E-state index in [0.717, 1.165) is 9.79 Å². The maximum Gasteiger partial charge on any atom is 0.0450 e. The van der Waals surface area contributed by atoms with Crippen LogP contribution in [0.4, 0.5) is 0 Å². The predicted octanol–water partition coefficient (Wildman–Crippen LogP) is 5.03. The third kappa shape index (κ3) is 3.53. The maximum absolute atomic E-state index is 5.60. The molecule has 0 spiro atoms. The lowest BCUT2D eigenvalue weighted by Gasteiger charge is -2.05. The van der Waals surface area contributed by atoms with Gasteiger partial charge in [0, 0.05) is 33.9 Å². The topological polar surface area (TPSA) is 9.23 Å². The Morgan fingerprint density at radius 3 is 1.53 bits per heavy atom. The Balaban J connectivity index is 1.93. The van der Waals surface area contributed by atoms with Gasteiger partial charge in [0.15, 0.2) is 0 Å². The van der Waals surface area contributed by atoms with Gasteiger partial charge in [0.05, 0.1) is 0 Å². The van der Waals surface area contributed by atoms with Crippen molar-refractivity contribution in [1.82, 2.24) is 0 Å². The highest BCUT2D eigenvalue weighted by Gasteiger charge is 2.02. The van der Waals surface area contributed by atoms with Gasteiger partial charge in [0.25, 0.3) is 0 Å². The molecule has 0 aliphatic carbocycles. The second-order valence-corrected chi connectivity index (χ2v) is 5.52. The molecular weight excluding hydrogens is 248 g/mol. The summed E-state index contributed by atoms with van der Waals surface area (Å²) < 4.78 is 5.60. The second kappa shape index (κ2) is 6.15. The molecule has 1 nitrogen and oxygen atoms in total. The molecule has 0 heterocycles. The maximum atomic E-state index is 5.60. The molecule has 2 rings (SSSR count). The van der Waals surface area contributed by atoms with Crippen LogP contribution in [-0.2, 0) is 3.63 Å². The summed E-state index contributed by atoms with van der Waals surface area (Å²) in [5, 5.41) is 0. The summed E-state index contributed by atoms with van der Waals surface area (Å²) in [6, 6.07) is 16.4. The molecule has 0 amide bonds. The van der Waals surface area contributed by atoms with Gasteiger partial charge in [-0.25, -0.2) is 3.63 Å². The number of hydrogen-bond acceptors (Lipinski definition) is 3. The van der Waals surface area contributed by atoms with E-state index < -0.39 is 0 Å². The molecule has 0 atom stereocenters. The highest BCUT2D eigenvalue weighted by molar-refractivity contribution is 8.08. The summed E-state index contributed by atoms with van der Waals surface area (Å²) in [6.07, 6.45) is 0. The van der Waals surface area contributed by atoms with Gasteiger partial charge in [-0.15, -0.1) is 0 Å². The minimum absolute atomic E-state index is 1.16. The molecule has 0 aromatic heterocycles. The van der Waals surface area contributed by atoms with Crippen LogP contribution >= 0.6 is 24.1 Å². The first kappa shape index (κ1) is 12.6. The van der Waals surface area contributed by atoms with Gasteiger partial charge in [-0.05, 0) is 37.1 Å². The third-order valence-corrected chi connectivity index (χ3v) is 4.25. The van der Waals surface area contributed by atoms with Gasteiger partial charge in [-0.1, -0.05) is 36.4 Å². The van der Waals surface area contributed by atoms with Crippen molar-refractivity contribution < 1.29 is 3.63 Å². The molecule has 0 saturated carbocycles. The molecule has 0 aliphatic rings. The zero-order valence-electron chi connectivity index (χ0n) is 9.84. The van der Waals surface area contributed by atoms with E-state index in [1.807, 2.05) is 24.3 Å². The van der Waals surface area contributed by atoms with Crippen LogP contribution in [0.2, 0.25) is 0 Å². The normalized spacial score (nSPS) is 10.5. The molecule has 17 heavy (non-hydrogen) atoms. The third-order valence-electron chi connectivity index (χ3n) is 2.43. The van der Waals surface area contributed by atoms with Crippen molar-refractivity contribution in [2.75, 3.05) is 0 Å². The fraction of sp³-hybridized carbons (Fsp3) is 0.143. The number of aryl methyl sites for hydroxylation is 2. The molecule has 0 radical (unpaired) electrons. The van der Waals surface area contributed by atoms with E-state index in [0.29, 0.717) is 0 Å². The summed E-state index contributed by atoms with van der Waals surface area (Å²) in [6.45, 7) is 4.17. The molecule has 3 heteroatoms. The largest absolute Gasteiger partial charge is 0.237 e. The first-order valence-corrected chi connectivity index (χ1v) is 6.88. The van der Waals surface area contributed by atoms with Crippen LogP contribution in [0.5, 0.6) is 0 Å². The average molecular weight is 262 g/mol. The number of hydrogen-bond donors (Lipinski definition) is 0. The van der Waals surface area contributed by atoms with Crippen molar-refractivity contribution >= 4 is 24.1 Å². The Morgan fingerprint density at radius 2 is 1.12 bits per heavy atom. The van der Waals surface area contributed by atoms with E-state index in [-0.39, 0.29) is 0 Å². The van der Waals surface area contributed by atoms with Crippen molar-refractivity contribution in [3.8, 4) is 0 Å². The highest BCUT2D eigenvalue weighted by atomic mass is 32.2. The van der Waals surface area contributed by atoms with Gasteiger partial charge >= 0.3 is 0 Å². The van der Waals surface area contributed by atoms with Crippen LogP contribution in [0.1, 0.15) is 11.1 Å². The fourth-order valence-electron chi connectivity index (χ4n) is 1.39. The molecule has 0 N–H and O–H groups in total. The van der Waals surface area contributed by atoms with E-state index in [1.165, 1.54) is 35.2 Å². The van der Waals surface area contributed by atoms with Gasteiger partial charge in [-0.3, -0.25) is 0 Å².